The molecular formula is C30H35BrLiNO2. The molecule has 0 aliphatic carbocycles. The van der Waals surface area contributed by atoms with Crippen LogP contribution in [0.15, 0.2) is 77.3 Å². The Hall–Kier alpha value is -2.38. The van der Waals surface area contributed by atoms with Gasteiger partial charge in [0.05, 0.1) is 0 Å². The molecule has 1 amide bonds. The van der Waals surface area contributed by atoms with Crippen molar-refractivity contribution in [3.8, 4) is 0 Å². The van der Waals surface area contributed by atoms with E-state index >= 15 is 0 Å². The van der Waals surface area contributed by atoms with Gasteiger partial charge in [-0.05, 0) is 52.6 Å². The Morgan fingerprint density at radius 3 is 1.57 bits per heavy atom. The van der Waals surface area contributed by atoms with E-state index < -0.39 is 0 Å². The molecule has 4 aromatic carbocycles. The topological polar surface area (TPSA) is 37.4 Å². The van der Waals surface area contributed by atoms with E-state index in [9.17, 15) is 9.59 Å². The molecule has 4 rings (SSSR count). The van der Waals surface area contributed by atoms with E-state index in [2.05, 4.69) is 80.0 Å². The molecule has 35 heavy (non-hydrogen) atoms. The van der Waals surface area contributed by atoms with Crippen LogP contribution in [0.2, 0.25) is 0 Å². The van der Waals surface area contributed by atoms with Gasteiger partial charge >= 0.3 is 18.9 Å². The fourth-order valence-corrected chi connectivity index (χ4v) is 3.47. The first-order chi connectivity index (χ1) is 16.3. The maximum absolute atomic E-state index is 10.7. The van der Waals surface area contributed by atoms with Crippen molar-refractivity contribution in [2.45, 2.75) is 33.6 Å². The number of rotatable bonds is 3. The maximum atomic E-state index is 10.7. The molecule has 3 nitrogen and oxygen atoms in total. The van der Waals surface area contributed by atoms with E-state index in [-0.39, 0.29) is 18.9 Å². The fraction of sp³-hybridized carbons (Fsp3) is 0.233. The molecule has 0 saturated heterocycles. The summed E-state index contributed by atoms with van der Waals surface area (Å²) in [6.45, 7) is 9.91. The van der Waals surface area contributed by atoms with Crippen molar-refractivity contribution in [1.29, 1.82) is 0 Å². The minimum Gasteiger partial charge on any atom is -0.351 e. The molecule has 180 valence electrons. The number of carbonyl (C=O) groups excluding carboxylic acids is 2. The van der Waals surface area contributed by atoms with Gasteiger partial charge in [-0.25, -0.2) is 0 Å². The van der Waals surface area contributed by atoms with E-state index in [0.717, 1.165) is 35.5 Å². The van der Waals surface area contributed by atoms with Crippen molar-refractivity contribution in [2.75, 3.05) is 14.1 Å². The van der Waals surface area contributed by atoms with Gasteiger partial charge in [0.15, 0.2) is 6.29 Å². The van der Waals surface area contributed by atoms with Crippen LogP contribution < -0.4 is 18.9 Å². The van der Waals surface area contributed by atoms with Crippen LogP contribution >= 0.6 is 15.9 Å². The predicted molar refractivity (Wildman–Crippen MR) is 150 cm³/mol. The fourth-order valence-electron chi connectivity index (χ4n) is 2.99. The molecule has 0 atom stereocenters. The zero-order valence-corrected chi connectivity index (χ0v) is 23.4. The molecule has 0 fully saturated rings. The first-order valence-electron chi connectivity index (χ1n) is 11.3. The van der Waals surface area contributed by atoms with Crippen LogP contribution in [0.4, 0.5) is 0 Å². The minimum atomic E-state index is 0. The van der Waals surface area contributed by atoms with Crippen molar-refractivity contribution < 1.29 is 28.4 Å². The van der Waals surface area contributed by atoms with Crippen LogP contribution in [-0.4, -0.2) is 31.7 Å². The number of halogens is 1. The monoisotopic (exact) mass is 527 g/mol. The second-order valence-electron chi connectivity index (χ2n) is 7.97. The van der Waals surface area contributed by atoms with Gasteiger partial charge in [0.2, 0.25) is 6.41 Å². The number of carbonyl (C=O) groups is 2. The van der Waals surface area contributed by atoms with E-state index in [0.29, 0.717) is 0 Å². The smallest absolute Gasteiger partial charge is 0.351 e. The summed E-state index contributed by atoms with van der Waals surface area (Å²) in [6, 6.07) is 24.4. The zero-order chi connectivity index (χ0) is 25.5. The van der Waals surface area contributed by atoms with E-state index in [1.54, 1.807) is 14.1 Å². The number of hydrogen-bond acceptors (Lipinski definition) is 2. The number of unbranched alkanes of at least 4 members (excludes halogenated alkanes) is 1. The third-order valence-corrected chi connectivity index (χ3v) is 5.65. The van der Waals surface area contributed by atoms with Gasteiger partial charge in [0.25, 0.3) is 0 Å². The van der Waals surface area contributed by atoms with Crippen molar-refractivity contribution in [1.82, 2.24) is 4.90 Å². The van der Waals surface area contributed by atoms with Crippen molar-refractivity contribution in [3.05, 3.63) is 101 Å². The molecule has 0 saturated carbocycles. The van der Waals surface area contributed by atoms with Crippen molar-refractivity contribution in [3.63, 3.8) is 0 Å². The molecule has 0 aliphatic heterocycles. The van der Waals surface area contributed by atoms with E-state index in [1.807, 2.05) is 36.4 Å². The molecule has 0 N–H and O–H groups in total. The quantitative estimate of drug-likeness (QED) is 0.208. The molecule has 0 heterocycles. The Balaban J connectivity index is 0.000000487. The minimum absolute atomic E-state index is 0. The van der Waals surface area contributed by atoms with Crippen LogP contribution in [0, 0.1) is 20.8 Å². The Bertz CT molecular complexity index is 1150. The SMILES string of the molecule is CN(C)C=O.Cc1ccc(Br)c2ccccc12.Cc1ccc(C=O)c2ccccc12.[CH2-]CCC.[Li+]. The summed E-state index contributed by atoms with van der Waals surface area (Å²) in [4.78, 5) is 21.6. The Kier molecular flexibility index (Phi) is 16.7. The van der Waals surface area contributed by atoms with Gasteiger partial charge in [0, 0.05) is 24.1 Å². The van der Waals surface area contributed by atoms with Gasteiger partial charge in [-0.1, -0.05) is 96.0 Å². The Morgan fingerprint density at radius 2 is 1.17 bits per heavy atom. The molecule has 0 radical (unpaired) electrons. The van der Waals surface area contributed by atoms with Crippen LogP contribution in [-0.2, 0) is 4.79 Å². The number of benzene rings is 4. The third kappa shape index (κ3) is 10.8. The van der Waals surface area contributed by atoms with Gasteiger partial charge in [-0.2, -0.15) is 6.42 Å². The van der Waals surface area contributed by atoms with Gasteiger partial charge in [-0.15, -0.1) is 0 Å². The predicted octanol–water partition coefficient (Wildman–Crippen LogP) is 5.20. The first-order valence-corrected chi connectivity index (χ1v) is 12.1. The summed E-state index contributed by atoms with van der Waals surface area (Å²) in [7, 11) is 3.38. The number of aryl methyl sites for hydroxylation is 2. The summed E-state index contributed by atoms with van der Waals surface area (Å²) in [5.74, 6) is 0. The zero-order valence-electron chi connectivity index (χ0n) is 21.8. The number of amides is 1. The molecule has 0 unspecified atom stereocenters. The van der Waals surface area contributed by atoms with Crippen LogP contribution in [0.1, 0.15) is 41.3 Å². The van der Waals surface area contributed by atoms with Crippen LogP contribution in [0.5, 0.6) is 0 Å². The maximum Gasteiger partial charge on any atom is 1.00 e. The van der Waals surface area contributed by atoms with Gasteiger partial charge in [-0.3, -0.25) is 9.59 Å². The second-order valence-corrected chi connectivity index (χ2v) is 8.82. The van der Waals surface area contributed by atoms with Gasteiger partial charge in [0.1, 0.15) is 0 Å². The largest absolute Gasteiger partial charge is 1.00 e. The number of nitrogens with zero attached hydrogens (tertiary/aromatic N) is 1. The summed E-state index contributed by atoms with van der Waals surface area (Å²) in [6.07, 6.45) is 3.93. The average molecular weight is 528 g/mol. The summed E-state index contributed by atoms with van der Waals surface area (Å²) >= 11 is 3.53. The molecule has 0 bridgehead atoms. The summed E-state index contributed by atoms with van der Waals surface area (Å²) in [5, 5.41) is 4.81. The number of aldehydes is 1. The second kappa shape index (κ2) is 18.0. The molecule has 4 aromatic rings. The molecule has 5 heteroatoms. The van der Waals surface area contributed by atoms with Gasteiger partial charge < -0.3 is 11.8 Å². The standard InChI is InChI=1S/C12H10O.C11H9Br.C4H9.C3H7NO.Li/c1-9-6-7-10(8-13)12-5-3-2-4-11(9)12;1-8-6-7-11(12)10-5-3-2-4-9(8)10;1-3-4-2;1-4(2)3-5;/h2-8H,1H3;2-7H,1H3;1,3-4H2,2H3;3H,1-2H3;/q;;-1;;+1. The first kappa shape index (κ1) is 32.6. The van der Waals surface area contributed by atoms with Crippen LogP contribution in [0.3, 0.4) is 0 Å². The van der Waals surface area contributed by atoms with Crippen molar-refractivity contribution >= 4 is 50.2 Å². The average Bonchev–Trinajstić information content (AvgIpc) is 2.88. The molecule has 0 aromatic heterocycles. The van der Waals surface area contributed by atoms with Crippen LogP contribution in [0.25, 0.3) is 21.5 Å². The van der Waals surface area contributed by atoms with E-state index in [1.165, 1.54) is 37.7 Å². The molecular weight excluding hydrogens is 493 g/mol. The number of fused-ring (bicyclic) bond motifs is 2. The molecule has 0 spiro atoms. The Labute approximate surface area is 231 Å². The third-order valence-electron chi connectivity index (χ3n) is 4.96. The molecule has 0 aliphatic rings. The van der Waals surface area contributed by atoms with Crippen molar-refractivity contribution in [2.24, 2.45) is 0 Å². The normalized spacial score (nSPS) is 9.23. The summed E-state index contributed by atoms with van der Waals surface area (Å²) < 4.78 is 1.17. The number of hydrogen-bond donors (Lipinski definition) is 0. The Morgan fingerprint density at radius 1 is 0.771 bits per heavy atom. The summed E-state index contributed by atoms with van der Waals surface area (Å²) in [5.41, 5.74) is 3.30. The van der Waals surface area contributed by atoms with E-state index in [4.69, 9.17) is 0 Å².